The van der Waals surface area contributed by atoms with Crippen molar-refractivity contribution in [2.45, 2.75) is 78.4 Å². The van der Waals surface area contributed by atoms with Gasteiger partial charge in [0.05, 0.1) is 19.2 Å². The number of nitrogens with zero attached hydrogens (tertiary/aromatic N) is 1. The van der Waals surface area contributed by atoms with Crippen molar-refractivity contribution >= 4 is 22.8 Å². The van der Waals surface area contributed by atoms with Crippen molar-refractivity contribution in [1.29, 1.82) is 0 Å². The zero-order valence-corrected chi connectivity index (χ0v) is 19.8. The summed E-state index contributed by atoms with van der Waals surface area (Å²) in [6, 6.07) is 6.35. The van der Waals surface area contributed by atoms with Crippen molar-refractivity contribution in [1.82, 2.24) is 15.5 Å². The molecule has 1 unspecified atom stereocenters. The second kappa shape index (κ2) is 9.75. The number of nitrogens with one attached hydrogen (secondary N) is 2. The van der Waals surface area contributed by atoms with E-state index in [1.807, 2.05) is 45.9 Å². The van der Waals surface area contributed by atoms with E-state index < -0.39 is 0 Å². The van der Waals surface area contributed by atoms with E-state index in [0.717, 1.165) is 31.1 Å². The predicted molar refractivity (Wildman–Crippen MR) is 131 cm³/mol. The lowest BCUT2D eigenvalue weighted by Gasteiger charge is -2.39. The quantitative estimate of drug-likeness (QED) is 0.677. The molecule has 7 heteroatoms. The minimum atomic E-state index is -0.210. The first-order valence-electron chi connectivity index (χ1n) is 11.6. The highest BCUT2D eigenvalue weighted by Gasteiger charge is 2.41. The number of benzene rings is 1. The molecule has 1 aromatic heterocycles. The van der Waals surface area contributed by atoms with Crippen LogP contribution in [0.2, 0.25) is 0 Å². The van der Waals surface area contributed by atoms with Gasteiger partial charge in [0.15, 0.2) is 0 Å². The van der Waals surface area contributed by atoms with Gasteiger partial charge < -0.3 is 19.8 Å². The molecule has 3 atom stereocenters. The fraction of sp³-hybridized carbons (Fsp3) is 0.615. The molecule has 1 aromatic carbocycles. The second-order valence-electron chi connectivity index (χ2n) is 10.3. The van der Waals surface area contributed by atoms with Crippen molar-refractivity contribution in [3.05, 3.63) is 29.5 Å². The van der Waals surface area contributed by atoms with E-state index in [2.05, 4.69) is 15.5 Å². The highest BCUT2D eigenvalue weighted by Crippen LogP contribution is 2.38. The summed E-state index contributed by atoms with van der Waals surface area (Å²) in [6.07, 6.45) is 4.28. The maximum atomic E-state index is 13.0. The number of methoxy groups -OCH3 is 1. The molecule has 2 aromatic rings. The number of carbonyl (C=O) groups excluding carboxylic acids is 2. The lowest BCUT2D eigenvalue weighted by molar-refractivity contribution is -0.125. The third-order valence-electron chi connectivity index (χ3n) is 6.67. The average Bonchev–Trinajstić information content (AvgIpc) is 3.14. The summed E-state index contributed by atoms with van der Waals surface area (Å²) in [6.45, 7) is 8.96. The van der Waals surface area contributed by atoms with Gasteiger partial charge in [-0.3, -0.25) is 14.5 Å². The van der Waals surface area contributed by atoms with Crippen LogP contribution in [0.15, 0.2) is 22.6 Å². The van der Waals surface area contributed by atoms with Gasteiger partial charge in [0, 0.05) is 29.6 Å². The van der Waals surface area contributed by atoms with E-state index in [1.54, 1.807) is 7.11 Å². The summed E-state index contributed by atoms with van der Waals surface area (Å²) in [5, 5.41) is 7.00. The molecule has 2 aliphatic heterocycles. The van der Waals surface area contributed by atoms with Crippen LogP contribution >= 0.6 is 0 Å². The Morgan fingerprint density at radius 3 is 2.45 bits per heavy atom. The lowest BCUT2D eigenvalue weighted by Crippen LogP contribution is -2.52. The molecule has 0 spiro atoms. The first kappa shape index (κ1) is 25.1. The highest BCUT2D eigenvalue weighted by atomic mass is 16.5. The molecule has 33 heavy (non-hydrogen) atoms. The first-order chi connectivity index (χ1) is 15.1. The van der Waals surface area contributed by atoms with E-state index in [1.165, 1.54) is 0 Å². The van der Waals surface area contributed by atoms with Crippen molar-refractivity contribution < 1.29 is 18.7 Å². The Balaban J connectivity index is 0.00000306. The molecule has 0 radical (unpaired) electrons. The van der Waals surface area contributed by atoms with Crippen LogP contribution in [-0.2, 0) is 4.79 Å². The molecule has 4 rings (SSSR count). The molecule has 3 heterocycles. The van der Waals surface area contributed by atoms with Crippen molar-refractivity contribution in [2.75, 3.05) is 20.2 Å². The van der Waals surface area contributed by atoms with Crippen LogP contribution in [0.4, 0.5) is 0 Å². The van der Waals surface area contributed by atoms with E-state index in [4.69, 9.17) is 9.15 Å². The zero-order chi connectivity index (χ0) is 23.0. The van der Waals surface area contributed by atoms with Gasteiger partial charge in [-0.1, -0.05) is 7.43 Å². The Hall–Kier alpha value is -2.54. The van der Waals surface area contributed by atoms with Crippen LogP contribution < -0.4 is 15.4 Å². The molecule has 2 N–H and O–H groups in total. The molecule has 7 nitrogen and oxygen atoms in total. The molecule has 2 saturated heterocycles. The van der Waals surface area contributed by atoms with Gasteiger partial charge >= 0.3 is 0 Å². The lowest BCUT2D eigenvalue weighted by atomic mass is 9.90. The van der Waals surface area contributed by atoms with Gasteiger partial charge in [-0.05, 0) is 77.5 Å². The van der Waals surface area contributed by atoms with Crippen molar-refractivity contribution in [3.8, 4) is 5.75 Å². The SMILES string of the molecule is C.COc1ccc2oc(C)c(C(=O)NCC3C[C@H]4CC[C@@H](C3)N4CC(=O)NC(C)(C)C)c2c1. The standard InChI is InChI=1S/C25H35N3O4.CH4/c1-15-23(20-12-19(31-5)8-9-21(20)32-15)24(30)26-13-16-10-17-6-7-18(11-16)28(17)14-22(29)27-25(2,3)4;/h8-9,12,16-18H,6-7,10-11,13-14H2,1-5H3,(H,26,30)(H,27,29);1H4/t16?,17-,18+;. The van der Waals surface area contributed by atoms with Crippen LogP contribution in [-0.4, -0.2) is 54.5 Å². The molecular formula is C26H39N3O4. The monoisotopic (exact) mass is 457 g/mol. The fourth-order valence-corrected chi connectivity index (χ4v) is 5.37. The first-order valence-corrected chi connectivity index (χ1v) is 11.6. The summed E-state index contributed by atoms with van der Waals surface area (Å²) in [5.74, 6) is 1.73. The number of carbonyl (C=O) groups is 2. The molecule has 2 bridgehead atoms. The average molecular weight is 458 g/mol. The number of amides is 2. The normalized spacial score (nSPS) is 22.6. The summed E-state index contributed by atoms with van der Waals surface area (Å²) in [7, 11) is 1.61. The summed E-state index contributed by atoms with van der Waals surface area (Å²) in [5.41, 5.74) is 1.06. The molecule has 2 aliphatic rings. The van der Waals surface area contributed by atoms with Crippen LogP contribution in [0.1, 0.15) is 70.0 Å². The van der Waals surface area contributed by atoms with Crippen LogP contribution in [0.25, 0.3) is 11.0 Å². The van der Waals surface area contributed by atoms with E-state index in [9.17, 15) is 9.59 Å². The Morgan fingerprint density at radius 1 is 1.18 bits per heavy atom. The summed E-state index contributed by atoms with van der Waals surface area (Å²) < 4.78 is 11.1. The molecular weight excluding hydrogens is 418 g/mol. The Morgan fingerprint density at radius 2 is 1.85 bits per heavy atom. The topological polar surface area (TPSA) is 83.8 Å². The Bertz CT molecular complexity index is 993. The minimum Gasteiger partial charge on any atom is -0.497 e. The molecule has 0 saturated carbocycles. The second-order valence-corrected chi connectivity index (χ2v) is 10.3. The van der Waals surface area contributed by atoms with Gasteiger partial charge in [-0.25, -0.2) is 0 Å². The third kappa shape index (κ3) is 5.52. The van der Waals surface area contributed by atoms with Crippen LogP contribution in [0.3, 0.4) is 0 Å². The van der Waals surface area contributed by atoms with Gasteiger partial charge in [-0.2, -0.15) is 0 Å². The molecule has 182 valence electrons. The number of hydrogen-bond acceptors (Lipinski definition) is 5. The number of furan rings is 1. The Labute approximate surface area is 197 Å². The third-order valence-corrected chi connectivity index (χ3v) is 6.67. The van der Waals surface area contributed by atoms with Gasteiger partial charge in [-0.15, -0.1) is 0 Å². The van der Waals surface area contributed by atoms with Crippen LogP contribution in [0, 0.1) is 12.8 Å². The number of hydrogen-bond donors (Lipinski definition) is 2. The van der Waals surface area contributed by atoms with Gasteiger partial charge in [0.1, 0.15) is 17.1 Å². The summed E-state index contributed by atoms with van der Waals surface area (Å²) >= 11 is 0. The maximum Gasteiger partial charge on any atom is 0.255 e. The number of fused-ring (bicyclic) bond motifs is 3. The smallest absolute Gasteiger partial charge is 0.255 e. The number of rotatable bonds is 6. The summed E-state index contributed by atoms with van der Waals surface area (Å²) in [4.78, 5) is 27.8. The number of aryl methyl sites for hydroxylation is 1. The predicted octanol–water partition coefficient (Wildman–Crippen LogP) is 4.27. The van der Waals surface area contributed by atoms with Crippen molar-refractivity contribution in [3.63, 3.8) is 0 Å². The largest absolute Gasteiger partial charge is 0.497 e. The van der Waals surface area contributed by atoms with E-state index in [-0.39, 0.29) is 24.8 Å². The van der Waals surface area contributed by atoms with E-state index in [0.29, 0.717) is 53.7 Å². The molecule has 0 aliphatic carbocycles. The molecule has 2 fully saturated rings. The number of piperidine rings is 1. The fourth-order valence-electron chi connectivity index (χ4n) is 5.37. The van der Waals surface area contributed by atoms with Crippen molar-refractivity contribution in [2.24, 2.45) is 5.92 Å². The van der Waals surface area contributed by atoms with Crippen LogP contribution in [0.5, 0.6) is 5.75 Å². The zero-order valence-electron chi connectivity index (χ0n) is 19.8. The Kier molecular flexibility index (Phi) is 7.42. The van der Waals surface area contributed by atoms with Gasteiger partial charge in [0.25, 0.3) is 5.91 Å². The van der Waals surface area contributed by atoms with E-state index >= 15 is 0 Å². The van der Waals surface area contributed by atoms with Gasteiger partial charge in [0.2, 0.25) is 5.91 Å². The number of ether oxygens (including phenoxy) is 1. The maximum absolute atomic E-state index is 13.0. The highest BCUT2D eigenvalue weighted by molar-refractivity contribution is 6.07. The minimum absolute atomic E-state index is 0. The molecule has 2 amide bonds.